The van der Waals surface area contributed by atoms with Crippen LogP contribution in [0.5, 0.6) is 0 Å². The van der Waals surface area contributed by atoms with E-state index in [-0.39, 0.29) is 0 Å². The van der Waals surface area contributed by atoms with Crippen molar-refractivity contribution in [3.63, 3.8) is 0 Å². The summed E-state index contributed by atoms with van der Waals surface area (Å²) in [5, 5.41) is 4.47. The summed E-state index contributed by atoms with van der Waals surface area (Å²) < 4.78 is 0. The molecule has 2 aromatic carbocycles. The Labute approximate surface area is 133 Å². The molecule has 0 bridgehead atoms. The molecule has 0 fully saturated rings. The predicted octanol–water partition coefficient (Wildman–Crippen LogP) is 5.24. The minimum absolute atomic E-state index is 0.309. The van der Waals surface area contributed by atoms with E-state index in [1.807, 2.05) is 6.07 Å². The number of rotatable bonds is 6. The van der Waals surface area contributed by atoms with Crippen molar-refractivity contribution < 1.29 is 0 Å². The molecule has 0 amide bonds. The zero-order valence-electron chi connectivity index (χ0n) is 13.1. The number of hydrogen-bond donors (Lipinski definition) is 1. The van der Waals surface area contributed by atoms with Crippen LogP contribution in [0.15, 0.2) is 42.5 Å². The van der Waals surface area contributed by atoms with Gasteiger partial charge in [-0.25, -0.2) is 0 Å². The van der Waals surface area contributed by atoms with Gasteiger partial charge in [0, 0.05) is 11.1 Å². The molecule has 0 aromatic heterocycles. The lowest BCUT2D eigenvalue weighted by atomic mass is 9.95. The van der Waals surface area contributed by atoms with Crippen LogP contribution >= 0.6 is 11.6 Å². The largest absolute Gasteiger partial charge is 0.310 e. The van der Waals surface area contributed by atoms with Gasteiger partial charge in [-0.05, 0) is 67.6 Å². The van der Waals surface area contributed by atoms with Crippen LogP contribution in [0.2, 0.25) is 5.02 Å². The van der Waals surface area contributed by atoms with E-state index >= 15 is 0 Å². The molecular formula is C19H24ClN. The second kappa shape index (κ2) is 7.63. The van der Waals surface area contributed by atoms with Gasteiger partial charge in [-0.3, -0.25) is 0 Å². The fourth-order valence-electron chi connectivity index (χ4n) is 2.65. The molecule has 2 rings (SSSR count). The van der Waals surface area contributed by atoms with Crippen molar-refractivity contribution in [2.75, 3.05) is 6.54 Å². The molecule has 0 spiro atoms. The first-order valence-electron chi connectivity index (χ1n) is 7.65. The van der Waals surface area contributed by atoms with E-state index in [1.165, 1.54) is 22.3 Å². The molecule has 1 nitrogen and oxygen atoms in total. The molecule has 0 aliphatic heterocycles. The van der Waals surface area contributed by atoms with E-state index < -0.39 is 0 Å². The quantitative estimate of drug-likeness (QED) is 0.769. The van der Waals surface area contributed by atoms with Gasteiger partial charge in [-0.1, -0.05) is 48.9 Å². The fraction of sp³-hybridized carbons (Fsp3) is 0.368. The Kier molecular flexibility index (Phi) is 5.84. The van der Waals surface area contributed by atoms with Gasteiger partial charge in [0.25, 0.3) is 0 Å². The molecule has 112 valence electrons. The molecule has 2 heteroatoms. The second-order valence-corrected chi connectivity index (χ2v) is 6.14. The third-order valence-corrected chi connectivity index (χ3v) is 4.01. The molecule has 1 unspecified atom stereocenters. The first-order chi connectivity index (χ1) is 10.1. The molecule has 0 saturated heterocycles. The fourth-order valence-corrected chi connectivity index (χ4v) is 2.95. The van der Waals surface area contributed by atoms with Gasteiger partial charge in [-0.2, -0.15) is 0 Å². The number of benzene rings is 2. The summed E-state index contributed by atoms with van der Waals surface area (Å²) in [5.41, 5.74) is 5.23. The molecule has 0 radical (unpaired) electrons. The van der Waals surface area contributed by atoms with E-state index in [2.05, 4.69) is 62.5 Å². The highest BCUT2D eigenvalue weighted by atomic mass is 35.5. The molecule has 21 heavy (non-hydrogen) atoms. The molecule has 0 saturated carbocycles. The van der Waals surface area contributed by atoms with E-state index in [9.17, 15) is 0 Å². The maximum Gasteiger partial charge on any atom is 0.0411 e. The van der Waals surface area contributed by atoms with Gasteiger partial charge in [-0.15, -0.1) is 0 Å². The summed E-state index contributed by atoms with van der Waals surface area (Å²) >= 11 is 6.23. The Morgan fingerprint density at radius 3 is 2.52 bits per heavy atom. The average Bonchev–Trinajstić information content (AvgIpc) is 2.44. The van der Waals surface area contributed by atoms with Gasteiger partial charge in [0.2, 0.25) is 0 Å². The van der Waals surface area contributed by atoms with Gasteiger partial charge < -0.3 is 5.32 Å². The van der Waals surface area contributed by atoms with Crippen LogP contribution in [0, 0.1) is 13.8 Å². The SMILES string of the molecule is CCCNC(Cc1ccccc1C)c1cc(C)cc(Cl)c1. The number of aryl methyl sites for hydroxylation is 2. The van der Waals surface area contributed by atoms with Crippen molar-refractivity contribution in [1.29, 1.82) is 0 Å². The topological polar surface area (TPSA) is 12.0 Å². The maximum atomic E-state index is 6.23. The molecule has 1 atom stereocenters. The van der Waals surface area contributed by atoms with Crippen molar-refractivity contribution in [2.45, 2.75) is 39.7 Å². The van der Waals surface area contributed by atoms with E-state index in [0.717, 1.165) is 24.4 Å². The first kappa shape index (κ1) is 16.1. The summed E-state index contributed by atoms with van der Waals surface area (Å²) in [7, 11) is 0. The van der Waals surface area contributed by atoms with Crippen LogP contribution in [-0.2, 0) is 6.42 Å². The van der Waals surface area contributed by atoms with Gasteiger partial charge in [0.1, 0.15) is 0 Å². The van der Waals surface area contributed by atoms with Crippen molar-refractivity contribution in [2.24, 2.45) is 0 Å². The summed E-state index contributed by atoms with van der Waals surface area (Å²) in [5.74, 6) is 0. The lowest BCUT2D eigenvalue weighted by Crippen LogP contribution is -2.24. The number of hydrogen-bond acceptors (Lipinski definition) is 1. The smallest absolute Gasteiger partial charge is 0.0411 e. The standard InChI is InChI=1S/C19H24ClN/c1-4-9-21-19(13-16-8-6-5-7-15(16)3)17-10-14(2)11-18(20)12-17/h5-8,10-12,19,21H,4,9,13H2,1-3H3. The van der Waals surface area contributed by atoms with Gasteiger partial charge >= 0.3 is 0 Å². The molecule has 1 N–H and O–H groups in total. The highest BCUT2D eigenvalue weighted by Gasteiger charge is 2.13. The minimum Gasteiger partial charge on any atom is -0.310 e. The predicted molar refractivity (Wildman–Crippen MR) is 92.1 cm³/mol. The van der Waals surface area contributed by atoms with Gasteiger partial charge in [0.05, 0.1) is 0 Å². The third-order valence-electron chi connectivity index (χ3n) is 3.79. The lowest BCUT2D eigenvalue weighted by Gasteiger charge is -2.21. The van der Waals surface area contributed by atoms with Crippen molar-refractivity contribution in [1.82, 2.24) is 5.32 Å². The second-order valence-electron chi connectivity index (χ2n) is 5.70. The summed E-state index contributed by atoms with van der Waals surface area (Å²) in [6, 6.07) is 15.2. The van der Waals surface area contributed by atoms with Crippen LogP contribution in [0.3, 0.4) is 0 Å². The Morgan fingerprint density at radius 1 is 1.10 bits per heavy atom. The molecule has 2 aromatic rings. The number of nitrogens with one attached hydrogen (secondary N) is 1. The van der Waals surface area contributed by atoms with E-state index in [4.69, 9.17) is 11.6 Å². The lowest BCUT2D eigenvalue weighted by molar-refractivity contribution is 0.528. The Bertz CT molecular complexity index is 572. The van der Waals surface area contributed by atoms with Crippen molar-refractivity contribution in [3.05, 3.63) is 69.7 Å². The Hall–Kier alpha value is -1.31. The maximum absolute atomic E-state index is 6.23. The molecule has 0 aliphatic carbocycles. The zero-order chi connectivity index (χ0) is 15.2. The Balaban J connectivity index is 2.27. The highest BCUT2D eigenvalue weighted by Crippen LogP contribution is 2.24. The normalized spacial score (nSPS) is 12.4. The van der Waals surface area contributed by atoms with E-state index in [1.54, 1.807) is 0 Å². The molecule has 0 heterocycles. The third kappa shape index (κ3) is 4.59. The van der Waals surface area contributed by atoms with Crippen LogP contribution in [-0.4, -0.2) is 6.54 Å². The van der Waals surface area contributed by atoms with Crippen LogP contribution in [0.4, 0.5) is 0 Å². The molecule has 0 aliphatic rings. The van der Waals surface area contributed by atoms with Gasteiger partial charge in [0.15, 0.2) is 0 Å². The van der Waals surface area contributed by atoms with E-state index in [0.29, 0.717) is 6.04 Å². The zero-order valence-corrected chi connectivity index (χ0v) is 13.9. The Morgan fingerprint density at radius 2 is 1.86 bits per heavy atom. The van der Waals surface area contributed by atoms with Crippen LogP contribution in [0.1, 0.15) is 41.6 Å². The summed E-state index contributed by atoms with van der Waals surface area (Å²) in [6.07, 6.45) is 2.12. The molecular weight excluding hydrogens is 278 g/mol. The average molecular weight is 302 g/mol. The minimum atomic E-state index is 0.309. The number of halogens is 1. The monoisotopic (exact) mass is 301 g/mol. The van der Waals surface area contributed by atoms with Crippen LogP contribution < -0.4 is 5.32 Å². The van der Waals surface area contributed by atoms with Crippen molar-refractivity contribution in [3.8, 4) is 0 Å². The summed E-state index contributed by atoms with van der Waals surface area (Å²) in [4.78, 5) is 0. The van der Waals surface area contributed by atoms with Crippen molar-refractivity contribution >= 4 is 11.6 Å². The van der Waals surface area contributed by atoms with Crippen LogP contribution in [0.25, 0.3) is 0 Å². The highest BCUT2D eigenvalue weighted by molar-refractivity contribution is 6.30. The first-order valence-corrected chi connectivity index (χ1v) is 8.03. The summed E-state index contributed by atoms with van der Waals surface area (Å²) in [6.45, 7) is 7.48.